The van der Waals surface area contributed by atoms with Gasteiger partial charge in [-0.25, -0.2) is 0 Å². The number of carbonyl (C=O) groups is 1. The number of rotatable bonds is 4. The lowest BCUT2D eigenvalue weighted by Gasteiger charge is -2.03. The van der Waals surface area contributed by atoms with Gasteiger partial charge in [0.2, 0.25) is 0 Å². The Kier molecular flexibility index (Phi) is 8.28. The fraction of sp³-hybridized carbons (Fsp3) is 0.500. The molecule has 0 fully saturated rings. The van der Waals surface area contributed by atoms with Crippen molar-refractivity contribution in [2.45, 2.75) is 33.0 Å². The van der Waals surface area contributed by atoms with Crippen molar-refractivity contribution in [3.63, 3.8) is 0 Å². The van der Waals surface area contributed by atoms with Crippen LogP contribution in [0.25, 0.3) is 0 Å². The molecule has 96 valence electrons. The van der Waals surface area contributed by atoms with E-state index in [-0.39, 0.29) is 6.29 Å². The molecule has 0 unspecified atom stereocenters. The van der Waals surface area contributed by atoms with E-state index in [0.717, 1.165) is 11.8 Å². The maximum absolute atomic E-state index is 10.3. The van der Waals surface area contributed by atoms with Gasteiger partial charge in [0, 0.05) is 19.8 Å². The van der Waals surface area contributed by atoms with E-state index >= 15 is 0 Å². The third kappa shape index (κ3) is 6.87. The van der Waals surface area contributed by atoms with Crippen molar-refractivity contribution >= 4 is 6.29 Å². The number of aldehydes is 1. The second-order valence-electron chi connectivity index (χ2n) is 3.98. The second kappa shape index (κ2) is 8.90. The smallest absolute Gasteiger partial charge is 0.154 e. The average molecular weight is 238 g/mol. The van der Waals surface area contributed by atoms with E-state index < -0.39 is 0 Å². The molecule has 1 rings (SSSR count). The summed E-state index contributed by atoms with van der Waals surface area (Å²) in [5, 5.41) is 0. The molecule has 0 bridgehead atoms. The standard InChI is InChI=1S/C10H12O.C4H10O2/c1-8(2)10-5-3-9(7-11)4-6-10;1-4(5-2)6-3/h3-8H,1-2H3;4H,1-3H3. The minimum absolute atomic E-state index is 0.0648. The Labute approximate surface area is 104 Å². The molecule has 0 saturated carbocycles. The van der Waals surface area contributed by atoms with Gasteiger partial charge in [-0.2, -0.15) is 0 Å². The molecule has 0 aliphatic heterocycles. The topological polar surface area (TPSA) is 35.5 Å². The summed E-state index contributed by atoms with van der Waals surface area (Å²) in [5.74, 6) is 0.538. The first-order valence-electron chi connectivity index (χ1n) is 5.65. The van der Waals surface area contributed by atoms with Crippen LogP contribution in [0.15, 0.2) is 24.3 Å². The number of methoxy groups -OCH3 is 2. The van der Waals surface area contributed by atoms with Gasteiger partial charge in [0.05, 0.1) is 0 Å². The van der Waals surface area contributed by atoms with E-state index in [4.69, 9.17) is 0 Å². The van der Waals surface area contributed by atoms with Crippen LogP contribution in [0.2, 0.25) is 0 Å². The molecule has 0 saturated heterocycles. The molecule has 0 aromatic heterocycles. The van der Waals surface area contributed by atoms with Crippen molar-refractivity contribution in [2.24, 2.45) is 0 Å². The Hall–Kier alpha value is -1.19. The molecule has 0 aliphatic carbocycles. The molecule has 0 aliphatic rings. The summed E-state index contributed by atoms with van der Waals surface area (Å²) in [6, 6.07) is 7.69. The molecule has 0 radical (unpaired) electrons. The zero-order valence-electron chi connectivity index (χ0n) is 11.3. The van der Waals surface area contributed by atoms with E-state index in [2.05, 4.69) is 23.3 Å². The van der Waals surface area contributed by atoms with E-state index in [1.54, 1.807) is 14.2 Å². The van der Waals surface area contributed by atoms with Crippen LogP contribution in [-0.2, 0) is 9.47 Å². The highest BCUT2D eigenvalue weighted by Crippen LogP contribution is 2.13. The minimum Gasteiger partial charge on any atom is -0.356 e. The van der Waals surface area contributed by atoms with Gasteiger partial charge in [-0.05, 0) is 18.4 Å². The number of hydrogen-bond donors (Lipinski definition) is 0. The minimum atomic E-state index is -0.0648. The Bertz CT molecular complexity index is 300. The number of carbonyl (C=O) groups excluding carboxylic acids is 1. The van der Waals surface area contributed by atoms with Crippen LogP contribution in [0.3, 0.4) is 0 Å². The van der Waals surface area contributed by atoms with E-state index in [9.17, 15) is 4.79 Å². The van der Waals surface area contributed by atoms with E-state index in [1.807, 2.05) is 31.2 Å². The van der Waals surface area contributed by atoms with Crippen LogP contribution in [0.4, 0.5) is 0 Å². The van der Waals surface area contributed by atoms with Crippen LogP contribution in [0.5, 0.6) is 0 Å². The summed E-state index contributed by atoms with van der Waals surface area (Å²) in [6.45, 7) is 6.10. The van der Waals surface area contributed by atoms with Crippen molar-refractivity contribution in [1.29, 1.82) is 0 Å². The molecule has 17 heavy (non-hydrogen) atoms. The largest absolute Gasteiger partial charge is 0.356 e. The van der Waals surface area contributed by atoms with Gasteiger partial charge >= 0.3 is 0 Å². The predicted molar refractivity (Wildman–Crippen MR) is 69.4 cm³/mol. The molecule has 1 aromatic rings. The third-order valence-corrected chi connectivity index (χ3v) is 2.40. The summed E-state index contributed by atoms with van der Waals surface area (Å²) in [4.78, 5) is 10.3. The van der Waals surface area contributed by atoms with Crippen LogP contribution in [0.1, 0.15) is 42.6 Å². The van der Waals surface area contributed by atoms with Crippen molar-refractivity contribution < 1.29 is 14.3 Å². The summed E-state index contributed by atoms with van der Waals surface area (Å²) in [6.07, 6.45) is 0.800. The number of ether oxygens (including phenoxy) is 2. The first kappa shape index (κ1) is 15.8. The zero-order valence-corrected chi connectivity index (χ0v) is 11.3. The van der Waals surface area contributed by atoms with Gasteiger partial charge in [0.1, 0.15) is 6.29 Å². The lowest BCUT2D eigenvalue weighted by Crippen LogP contribution is -2.05. The van der Waals surface area contributed by atoms with Crippen molar-refractivity contribution in [3.05, 3.63) is 35.4 Å². The van der Waals surface area contributed by atoms with Gasteiger partial charge in [0.25, 0.3) is 0 Å². The Morgan fingerprint density at radius 3 is 1.71 bits per heavy atom. The molecule has 0 atom stereocenters. The molecular formula is C14H22O3. The van der Waals surface area contributed by atoms with Crippen LogP contribution < -0.4 is 0 Å². The van der Waals surface area contributed by atoms with Crippen molar-refractivity contribution in [2.75, 3.05) is 14.2 Å². The molecule has 3 nitrogen and oxygen atoms in total. The second-order valence-corrected chi connectivity index (χ2v) is 3.98. The van der Waals surface area contributed by atoms with Gasteiger partial charge in [-0.1, -0.05) is 38.1 Å². The molecule has 3 heteroatoms. The highest BCUT2D eigenvalue weighted by molar-refractivity contribution is 5.74. The van der Waals surface area contributed by atoms with Crippen LogP contribution >= 0.6 is 0 Å². The normalized spacial score (nSPS) is 10.1. The maximum atomic E-state index is 10.3. The Morgan fingerprint density at radius 2 is 1.47 bits per heavy atom. The van der Waals surface area contributed by atoms with Crippen molar-refractivity contribution in [3.8, 4) is 0 Å². The third-order valence-electron chi connectivity index (χ3n) is 2.40. The van der Waals surface area contributed by atoms with Gasteiger partial charge in [-0.3, -0.25) is 4.79 Å². The van der Waals surface area contributed by atoms with Gasteiger partial charge in [0.15, 0.2) is 6.29 Å². The Morgan fingerprint density at radius 1 is 1.00 bits per heavy atom. The summed E-state index contributed by atoms with van der Waals surface area (Å²) < 4.78 is 9.35. The Balaban J connectivity index is 0.000000366. The highest BCUT2D eigenvalue weighted by atomic mass is 16.7. The molecule has 1 aromatic carbocycles. The first-order valence-corrected chi connectivity index (χ1v) is 5.65. The quantitative estimate of drug-likeness (QED) is 0.596. The fourth-order valence-electron chi connectivity index (χ4n) is 1.06. The lowest BCUT2D eigenvalue weighted by atomic mass is 10.0. The average Bonchev–Trinajstić information content (AvgIpc) is 2.38. The van der Waals surface area contributed by atoms with Gasteiger partial charge < -0.3 is 9.47 Å². The van der Waals surface area contributed by atoms with E-state index in [0.29, 0.717) is 5.92 Å². The molecule has 0 spiro atoms. The summed E-state index contributed by atoms with van der Waals surface area (Å²) in [5.41, 5.74) is 2.02. The number of hydrogen-bond acceptors (Lipinski definition) is 3. The monoisotopic (exact) mass is 238 g/mol. The summed E-state index contributed by atoms with van der Waals surface area (Å²) in [7, 11) is 3.21. The maximum Gasteiger partial charge on any atom is 0.154 e. The van der Waals surface area contributed by atoms with Gasteiger partial charge in [-0.15, -0.1) is 0 Å². The lowest BCUT2D eigenvalue weighted by molar-refractivity contribution is -0.0877. The zero-order chi connectivity index (χ0) is 13.3. The van der Waals surface area contributed by atoms with Crippen LogP contribution in [0, 0.1) is 0 Å². The molecule has 0 N–H and O–H groups in total. The SMILES string of the molecule is CC(C)c1ccc(C=O)cc1.COC(C)OC. The molecule has 0 amide bonds. The van der Waals surface area contributed by atoms with Crippen molar-refractivity contribution in [1.82, 2.24) is 0 Å². The number of benzene rings is 1. The van der Waals surface area contributed by atoms with Crippen LogP contribution in [-0.4, -0.2) is 26.8 Å². The molecular weight excluding hydrogens is 216 g/mol. The fourth-order valence-corrected chi connectivity index (χ4v) is 1.06. The predicted octanol–water partition coefficient (Wildman–Crippen LogP) is 3.25. The highest BCUT2D eigenvalue weighted by Gasteiger charge is 1.96. The summed E-state index contributed by atoms with van der Waals surface area (Å²) >= 11 is 0. The molecule has 0 heterocycles. The first-order chi connectivity index (χ1) is 8.04. The van der Waals surface area contributed by atoms with E-state index in [1.165, 1.54) is 5.56 Å².